The van der Waals surface area contributed by atoms with Crippen molar-refractivity contribution in [3.8, 4) is 22.9 Å². The van der Waals surface area contributed by atoms with Crippen molar-refractivity contribution in [3.63, 3.8) is 0 Å². The second-order valence-corrected chi connectivity index (χ2v) is 15.4. The first-order valence-corrected chi connectivity index (χ1v) is 20.3. The number of hydrogen-bond donors (Lipinski definition) is 3. The molecule has 0 atom stereocenters. The van der Waals surface area contributed by atoms with Crippen LogP contribution in [0, 0.1) is 31.1 Å². The summed E-state index contributed by atoms with van der Waals surface area (Å²) < 4.78 is 25.3. The zero-order valence-corrected chi connectivity index (χ0v) is 40.8. The number of anilines is 2. The van der Waals surface area contributed by atoms with Gasteiger partial charge in [0.2, 0.25) is 17.8 Å². The van der Waals surface area contributed by atoms with Gasteiger partial charge in [0.15, 0.2) is 22.3 Å². The number of ether oxygens (including phenoxy) is 2. The average molecular weight is 1090 g/mol. The molecule has 1 aliphatic carbocycles. The van der Waals surface area contributed by atoms with E-state index in [0.29, 0.717) is 55.2 Å². The summed E-state index contributed by atoms with van der Waals surface area (Å²) in [5.74, 6) is 2.15. The van der Waals surface area contributed by atoms with Gasteiger partial charge in [-0.2, -0.15) is 19.3 Å². The number of carbonyl (C=O) groups excluding carboxylic acids is 1. The minimum atomic E-state index is -0.787. The largest absolute Gasteiger partial charge is 0.497 e. The summed E-state index contributed by atoms with van der Waals surface area (Å²) >= 11 is 0. The number of hydrogen-bond acceptors (Lipinski definition) is 16. The fourth-order valence-corrected chi connectivity index (χ4v) is 6.92. The molecule has 2 aromatic carbocycles. The first-order chi connectivity index (χ1) is 30.9. The van der Waals surface area contributed by atoms with Gasteiger partial charge in [0.1, 0.15) is 11.5 Å². The third kappa shape index (κ3) is 14.3. The van der Waals surface area contributed by atoms with Crippen molar-refractivity contribution in [2.75, 3.05) is 79.2 Å². The molecule has 1 saturated heterocycles. The Morgan fingerprint density at radius 3 is 1.54 bits per heavy atom. The van der Waals surface area contributed by atoms with Crippen molar-refractivity contribution < 1.29 is 55.3 Å². The molecule has 3 N–H and O–H groups in total. The molecule has 0 unspecified atom stereocenters. The molecule has 4 aromatic heterocycles. The number of nitrogens with one attached hydrogen (secondary N) is 2. The Labute approximate surface area is 395 Å². The second-order valence-electron chi connectivity index (χ2n) is 15.4. The number of amides is 1. The number of aromatic nitrogens is 10. The number of carboxylic acid groups (broad SMARTS) is 1. The minimum Gasteiger partial charge on any atom is -0.497 e. The van der Waals surface area contributed by atoms with E-state index in [1.54, 1.807) is 55.0 Å². The van der Waals surface area contributed by atoms with Crippen molar-refractivity contribution in [1.82, 2.24) is 64.6 Å². The van der Waals surface area contributed by atoms with Crippen LogP contribution in [-0.2, 0) is 9.59 Å². The van der Waals surface area contributed by atoms with Gasteiger partial charge < -0.3 is 35.0 Å². The molecule has 0 spiro atoms. The van der Waals surface area contributed by atoms with Gasteiger partial charge in [-0.15, -0.1) is 10.2 Å². The van der Waals surface area contributed by atoms with E-state index >= 15 is 0 Å². The summed E-state index contributed by atoms with van der Waals surface area (Å²) in [6.07, 6.45) is 11.3. The number of piperidine rings is 1. The SMILES string of the molecule is CN(C)CC(=O)O.COc1ccc(-n2nnc3cnc(NC4CCCCC4)nc32)cc1.COc1ccc(-n2nnc3cnc(NC4CCN(C(=O)CN(C)C)CC4)nc32)cc1.[3H][B][3H].[U]. The molecule has 1 aliphatic heterocycles. The monoisotopic (exact) mass is 1090 g/mol. The zero-order chi connectivity index (χ0) is 46.0. The van der Waals surface area contributed by atoms with Crippen LogP contribution in [0.1, 0.15) is 44.9 Å². The smallest absolute Gasteiger partial charge is 0.317 e. The van der Waals surface area contributed by atoms with Crippen LogP contribution in [0.25, 0.3) is 33.7 Å². The Hall–Kier alpha value is -5.42. The van der Waals surface area contributed by atoms with Crippen molar-refractivity contribution in [3.05, 3.63) is 60.9 Å². The van der Waals surface area contributed by atoms with Crippen molar-refractivity contribution >= 4 is 54.4 Å². The van der Waals surface area contributed by atoms with Gasteiger partial charge in [-0.3, -0.25) is 14.5 Å². The Bertz CT molecular complexity index is 2360. The molecule has 20 nitrogen and oxygen atoms in total. The predicted octanol–water partition coefficient (Wildman–Crippen LogP) is 2.86. The minimum absolute atomic E-state index is 0. The van der Waals surface area contributed by atoms with Gasteiger partial charge in [0.25, 0.3) is 0 Å². The first kappa shape index (κ1) is 47.1. The fourth-order valence-electron chi connectivity index (χ4n) is 6.92. The molecule has 8 rings (SSSR count). The van der Waals surface area contributed by atoms with Crippen molar-refractivity contribution in [1.29, 1.82) is 2.67 Å². The third-order valence-electron chi connectivity index (χ3n) is 10.0. The van der Waals surface area contributed by atoms with E-state index < -0.39 is 5.97 Å². The number of fused-ring (bicyclic) bond motifs is 2. The Morgan fingerprint density at radius 2 is 1.16 bits per heavy atom. The molecule has 333 valence electrons. The average Bonchev–Trinajstić information content (AvgIpc) is 3.91. The van der Waals surface area contributed by atoms with Crippen LogP contribution in [0.15, 0.2) is 60.9 Å². The van der Waals surface area contributed by atoms with E-state index in [9.17, 15) is 9.59 Å². The molecule has 2 aliphatic rings. The molecule has 22 heteroatoms. The normalized spacial score (nSPS) is 14.4. The van der Waals surface area contributed by atoms with Gasteiger partial charge in [0, 0.05) is 56.3 Å². The van der Waals surface area contributed by atoms with Crippen molar-refractivity contribution in [2.45, 2.75) is 57.0 Å². The molecule has 0 bridgehead atoms. The summed E-state index contributed by atoms with van der Waals surface area (Å²) in [6.45, 7) is 2.02. The topological polar surface area (TPSA) is 220 Å². The molecular formula is C41H57BN15O5U. The van der Waals surface area contributed by atoms with Crippen LogP contribution < -0.4 is 20.1 Å². The molecule has 2 fully saturated rings. The second kappa shape index (κ2) is 24.4. The van der Waals surface area contributed by atoms with E-state index in [2.05, 4.69) is 51.2 Å². The Kier molecular flexibility index (Phi) is 18.3. The zero-order valence-electron chi connectivity index (χ0n) is 38.7. The summed E-state index contributed by atoms with van der Waals surface area (Å²) in [4.78, 5) is 45.4. The number of aliphatic carboxylic acids is 1. The van der Waals surface area contributed by atoms with Crippen LogP contribution in [0.3, 0.4) is 0 Å². The number of methoxy groups -OCH3 is 2. The number of likely N-dealkylation sites (N-methyl/N-ethyl adjacent to an activating group) is 2. The predicted molar refractivity (Wildman–Crippen MR) is 239 cm³/mol. The van der Waals surface area contributed by atoms with Crippen molar-refractivity contribution in [2.24, 2.45) is 0 Å². The van der Waals surface area contributed by atoms with Crippen LogP contribution in [-0.4, -0.2) is 173 Å². The summed E-state index contributed by atoms with van der Waals surface area (Å²) in [5, 5.41) is 31.6. The van der Waals surface area contributed by atoms with Crippen LogP contribution in [0.5, 0.6) is 11.5 Å². The van der Waals surface area contributed by atoms with E-state index in [1.165, 1.54) is 32.1 Å². The van der Waals surface area contributed by atoms with E-state index in [4.69, 9.17) is 17.3 Å². The molecule has 1 radical (unpaired) electrons. The van der Waals surface area contributed by atoms with Gasteiger partial charge in [-0.05, 0) is 105 Å². The first-order valence-electron chi connectivity index (χ1n) is 21.4. The van der Waals surface area contributed by atoms with E-state index in [1.807, 2.05) is 72.4 Å². The molecule has 5 heterocycles. The van der Waals surface area contributed by atoms with Crippen LogP contribution in [0.2, 0.25) is 0 Å². The van der Waals surface area contributed by atoms with Crippen LogP contribution in [0.4, 0.5) is 11.9 Å². The maximum atomic E-state index is 12.2. The quantitative estimate of drug-likeness (QED) is 0.150. The molecule has 6 aromatic rings. The van der Waals surface area contributed by atoms with Gasteiger partial charge in [-0.25, -0.2) is 9.97 Å². The van der Waals surface area contributed by atoms with E-state index in [0.717, 1.165) is 48.8 Å². The van der Waals surface area contributed by atoms with Gasteiger partial charge >= 0.3 is 5.97 Å². The Morgan fingerprint density at radius 1 is 0.730 bits per heavy atom. The Balaban J connectivity index is 0.000000236. The summed E-state index contributed by atoms with van der Waals surface area (Å²) in [5.41, 5.74) is 4.38. The molecule has 63 heavy (non-hydrogen) atoms. The summed E-state index contributed by atoms with van der Waals surface area (Å²) in [6, 6.07) is 15.9. The van der Waals surface area contributed by atoms with Gasteiger partial charge in [0.05, 0.1) is 59.4 Å². The third-order valence-corrected chi connectivity index (χ3v) is 10.0. The number of likely N-dealkylation sites (tertiary alicyclic amines) is 1. The molecule has 1 saturated carbocycles. The number of benzene rings is 2. The summed E-state index contributed by atoms with van der Waals surface area (Å²) in [7, 11) is 11.0. The fraction of sp³-hybridized carbons (Fsp3) is 0.463. The number of nitrogens with zero attached hydrogens (tertiary/aromatic N) is 13. The molecular weight excluding hydrogens is 1030 g/mol. The molecule has 1 amide bonds. The standard InChI is InChI=1S/C20H26N8O2.C17H20N6O.C4H9NO2.BH2.U/c1-26(2)13-18(29)27-10-8-14(9-11-27)22-20-21-12-17-19(23-20)28(25-24-17)15-4-6-16(30-3)7-5-15;1-24-14-9-7-13(8-10-14)23-16-15(21-22-23)11-18-17(20-16)19-12-5-3-2-4-6-12;1-5(2)3-4(6)7;;/h4-7,12,14H,8-11,13H2,1-3H3,(H,21,22,23);7-12H,2-6H2,1H3,(H,18,19,20);3H2,1-2H3,(H,6,7);1H2;/i;;;1T2;. The van der Waals surface area contributed by atoms with Crippen LogP contribution >= 0.6 is 0 Å². The number of rotatable bonds is 12. The maximum absolute atomic E-state index is 12.2. The maximum Gasteiger partial charge on any atom is 0.317 e. The number of carbonyl (C=O) groups is 2. The van der Waals surface area contributed by atoms with E-state index in [-0.39, 0.29) is 49.6 Å². The number of carboxylic acids is 1. The van der Waals surface area contributed by atoms with Gasteiger partial charge in [-0.1, -0.05) is 29.7 Å².